The molecule has 1 aliphatic rings. The van der Waals surface area contributed by atoms with Crippen LogP contribution in [0, 0.1) is 5.82 Å². The van der Waals surface area contributed by atoms with Crippen molar-refractivity contribution in [3.63, 3.8) is 0 Å². The van der Waals surface area contributed by atoms with Crippen LogP contribution in [0.4, 0.5) is 20.6 Å². The zero-order valence-electron chi connectivity index (χ0n) is 19.1. The Balaban J connectivity index is 1.31. The maximum atomic E-state index is 15.0. The molecule has 5 rings (SSSR count). The van der Waals surface area contributed by atoms with Gasteiger partial charge >= 0.3 is 6.09 Å². The molecule has 0 spiro atoms. The summed E-state index contributed by atoms with van der Waals surface area (Å²) in [5.74, 6) is -1.29. The van der Waals surface area contributed by atoms with Crippen LogP contribution >= 0.6 is 0 Å². The number of amides is 3. The SMILES string of the molecule is CC(=O)NC[C@H]1CN(c2ccc(-n3cnc(C(=O)Nc4cccc5cnccc45)c3)c(F)c2)C(=O)O1. The molecule has 0 bridgehead atoms. The lowest BCUT2D eigenvalue weighted by Gasteiger charge is -2.14. The molecule has 36 heavy (non-hydrogen) atoms. The quantitative estimate of drug-likeness (QED) is 0.430. The number of imidazole rings is 1. The minimum Gasteiger partial charge on any atom is -0.442 e. The number of hydrogen-bond acceptors (Lipinski definition) is 6. The van der Waals surface area contributed by atoms with Crippen LogP contribution in [-0.2, 0) is 9.53 Å². The number of cyclic esters (lactones) is 1. The predicted molar refractivity (Wildman–Crippen MR) is 130 cm³/mol. The van der Waals surface area contributed by atoms with Crippen LogP contribution in [0.5, 0.6) is 0 Å². The monoisotopic (exact) mass is 488 g/mol. The molecule has 11 heteroatoms. The number of rotatable bonds is 6. The van der Waals surface area contributed by atoms with Gasteiger partial charge in [0.05, 0.1) is 24.5 Å². The number of nitrogens with zero attached hydrogens (tertiary/aromatic N) is 4. The Morgan fingerprint density at radius 3 is 2.89 bits per heavy atom. The molecule has 1 aliphatic heterocycles. The van der Waals surface area contributed by atoms with E-state index in [4.69, 9.17) is 4.74 Å². The van der Waals surface area contributed by atoms with Crippen LogP contribution in [0.1, 0.15) is 17.4 Å². The van der Waals surface area contributed by atoms with Crippen molar-refractivity contribution in [1.29, 1.82) is 0 Å². The average molecular weight is 488 g/mol. The fraction of sp³-hybridized carbons (Fsp3) is 0.160. The predicted octanol–water partition coefficient (Wildman–Crippen LogP) is 3.27. The fourth-order valence-corrected chi connectivity index (χ4v) is 3.96. The van der Waals surface area contributed by atoms with Crippen LogP contribution in [0.2, 0.25) is 0 Å². The third-order valence-corrected chi connectivity index (χ3v) is 5.72. The van der Waals surface area contributed by atoms with E-state index >= 15 is 4.39 Å². The van der Waals surface area contributed by atoms with Crippen molar-refractivity contribution in [2.24, 2.45) is 0 Å². The highest BCUT2D eigenvalue weighted by molar-refractivity contribution is 6.08. The molecule has 10 nitrogen and oxygen atoms in total. The van der Waals surface area contributed by atoms with Gasteiger partial charge in [-0.05, 0) is 30.3 Å². The molecule has 4 aromatic rings. The molecule has 3 heterocycles. The van der Waals surface area contributed by atoms with E-state index in [0.29, 0.717) is 11.4 Å². The van der Waals surface area contributed by atoms with E-state index in [1.165, 1.54) is 41.0 Å². The second-order valence-corrected chi connectivity index (χ2v) is 8.21. The Hall–Kier alpha value is -4.80. The highest BCUT2D eigenvalue weighted by Crippen LogP contribution is 2.26. The summed E-state index contributed by atoms with van der Waals surface area (Å²) < 4.78 is 21.6. The van der Waals surface area contributed by atoms with E-state index in [1.54, 1.807) is 30.6 Å². The van der Waals surface area contributed by atoms with Crippen molar-refractivity contribution in [1.82, 2.24) is 19.9 Å². The second kappa shape index (κ2) is 9.45. The molecule has 0 aliphatic carbocycles. The standard InChI is InChI=1S/C25H21FN6O4/c1-15(33)28-11-18-12-32(25(35)36-18)17-5-6-23(20(26)9-17)31-13-22(29-14-31)24(34)30-21-4-2-3-16-10-27-8-7-19(16)21/h2-10,13-14,18H,11-12H2,1H3,(H,28,33)(H,30,34)/t18-/m0/s1. The van der Waals surface area contributed by atoms with Gasteiger partial charge in [-0.15, -0.1) is 0 Å². The van der Waals surface area contributed by atoms with Crippen molar-refractivity contribution in [2.45, 2.75) is 13.0 Å². The summed E-state index contributed by atoms with van der Waals surface area (Å²) in [6.07, 6.45) is 4.96. The Morgan fingerprint density at radius 2 is 2.08 bits per heavy atom. The van der Waals surface area contributed by atoms with E-state index in [0.717, 1.165) is 10.8 Å². The highest BCUT2D eigenvalue weighted by atomic mass is 19.1. The van der Waals surface area contributed by atoms with Gasteiger partial charge in [0.2, 0.25) is 5.91 Å². The summed E-state index contributed by atoms with van der Waals surface area (Å²) in [6.45, 7) is 1.72. The lowest BCUT2D eigenvalue weighted by Crippen LogP contribution is -2.33. The smallest absolute Gasteiger partial charge is 0.414 e. The van der Waals surface area contributed by atoms with Crippen molar-refractivity contribution in [3.05, 3.63) is 78.9 Å². The van der Waals surface area contributed by atoms with Gasteiger partial charge in [0, 0.05) is 42.0 Å². The van der Waals surface area contributed by atoms with E-state index in [2.05, 4.69) is 20.6 Å². The van der Waals surface area contributed by atoms with E-state index < -0.39 is 23.9 Å². The molecule has 0 unspecified atom stereocenters. The Labute approximate surface area is 204 Å². The number of carbonyl (C=O) groups is 3. The lowest BCUT2D eigenvalue weighted by atomic mass is 10.1. The molecule has 0 saturated carbocycles. The summed E-state index contributed by atoms with van der Waals surface area (Å²) in [5, 5.41) is 7.14. The minimum absolute atomic E-state index is 0.105. The minimum atomic E-state index is -0.622. The lowest BCUT2D eigenvalue weighted by molar-refractivity contribution is -0.119. The third kappa shape index (κ3) is 4.58. The van der Waals surface area contributed by atoms with Gasteiger partial charge in [-0.1, -0.05) is 12.1 Å². The number of benzene rings is 2. The molecule has 2 aromatic carbocycles. The molecule has 3 amide bonds. The number of ether oxygens (including phenoxy) is 1. The van der Waals surface area contributed by atoms with Gasteiger partial charge in [0.15, 0.2) is 0 Å². The number of hydrogen-bond donors (Lipinski definition) is 2. The topological polar surface area (TPSA) is 118 Å². The first-order valence-corrected chi connectivity index (χ1v) is 11.1. The maximum Gasteiger partial charge on any atom is 0.414 e. The molecule has 1 fully saturated rings. The van der Waals surface area contributed by atoms with Crippen LogP contribution in [0.15, 0.2) is 67.4 Å². The average Bonchev–Trinajstić information content (AvgIpc) is 3.50. The molecule has 2 aromatic heterocycles. The number of anilines is 2. The van der Waals surface area contributed by atoms with Crippen LogP contribution in [-0.4, -0.2) is 51.6 Å². The summed E-state index contributed by atoms with van der Waals surface area (Å²) >= 11 is 0. The number of aromatic nitrogens is 3. The summed E-state index contributed by atoms with van der Waals surface area (Å²) in [6, 6.07) is 11.6. The molecular formula is C25H21FN6O4. The molecule has 0 radical (unpaired) electrons. The van der Waals surface area contributed by atoms with Crippen molar-refractivity contribution in [2.75, 3.05) is 23.3 Å². The normalized spacial score (nSPS) is 15.1. The molecular weight excluding hydrogens is 467 g/mol. The van der Waals surface area contributed by atoms with Crippen LogP contribution < -0.4 is 15.5 Å². The van der Waals surface area contributed by atoms with E-state index in [9.17, 15) is 14.4 Å². The number of fused-ring (bicyclic) bond motifs is 1. The maximum absolute atomic E-state index is 15.0. The van der Waals surface area contributed by atoms with Gasteiger partial charge in [0.25, 0.3) is 5.91 Å². The zero-order valence-corrected chi connectivity index (χ0v) is 19.1. The van der Waals surface area contributed by atoms with Crippen LogP contribution in [0.25, 0.3) is 16.5 Å². The number of carbonyl (C=O) groups excluding carboxylic acids is 3. The molecule has 182 valence electrons. The Kier molecular flexibility index (Phi) is 6.03. The third-order valence-electron chi connectivity index (χ3n) is 5.72. The van der Waals surface area contributed by atoms with Gasteiger partial charge in [-0.3, -0.25) is 19.5 Å². The number of nitrogens with one attached hydrogen (secondary N) is 2. The largest absolute Gasteiger partial charge is 0.442 e. The molecule has 1 atom stereocenters. The summed E-state index contributed by atoms with van der Waals surface area (Å²) in [7, 11) is 0. The fourth-order valence-electron chi connectivity index (χ4n) is 3.96. The van der Waals surface area contributed by atoms with Crippen LogP contribution in [0.3, 0.4) is 0 Å². The Morgan fingerprint density at radius 1 is 1.22 bits per heavy atom. The van der Waals surface area contributed by atoms with Gasteiger partial charge in [-0.2, -0.15) is 0 Å². The van der Waals surface area contributed by atoms with Gasteiger partial charge in [-0.25, -0.2) is 14.2 Å². The summed E-state index contributed by atoms with van der Waals surface area (Å²) in [4.78, 5) is 45.6. The molecule has 1 saturated heterocycles. The summed E-state index contributed by atoms with van der Waals surface area (Å²) in [5.41, 5.74) is 1.19. The Bertz CT molecular complexity index is 1480. The first-order valence-electron chi connectivity index (χ1n) is 11.1. The van der Waals surface area contributed by atoms with Crippen molar-refractivity contribution in [3.8, 4) is 5.69 Å². The highest BCUT2D eigenvalue weighted by Gasteiger charge is 2.32. The molecule has 2 N–H and O–H groups in total. The second-order valence-electron chi connectivity index (χ2n) is 8.21. The van der Waals surface area contributed by atoms with Gasteiger partial charge < -0.3 is 19.9 Å². The first kappa shape index (κ1) is 23.0. The number of halogens is 1. The van der Waals surface area contributed by atoms with E-state index in [1.807, 2.05) is 12.1 Å². The zero-order chi connectivity index (χ0) is 25.2. The van der Waals surface area contributed by atoms with Gasteiger partial charge in [0.1, 0.15) is 23.9 Å². The van der Waals surface area contributed by atoms with Crippen molar-refractivity contribution >= 4 is 40.1 Å². The van der Waals surface area contributed by atoms with Crippen molar-refractivity contribution < 1.29 is 23.5 Å². The number of pyridine rings is 1. The van der Waals surface area contributed by atoms with E-state index in [-0.39, 0.29) is 30.4 Å². The first-order chi connectivity index (χ1) is 17.4.